The summed E-state index contributed by atoms with van der Waals surface area (Å²) in [5.74, 6) is 0.385. The van der Waals surface area contributed by atoms with Crippen molar-refractivity contribution in [1.82, 2.24) is 0 Å². The average molecular weight is 610 g/mol. The normalized spacial score (nSPS) is 18.5. The topological polar surface area (TPSA) is 52.6 Å². The summed E-state index contributed by atoms with van der Waals surface area (Å²) in [4.78, 5) is 27.1. The SMILES string of the molecule is C=C(C)c1cc(C2(C(=O)OC)CCCCC2)c(Br)s1.COC(=O)C1(c2csc(C(C)C)c2)CCCCC1. The average Bonchev–Trinajstić information content (AvgIpc) is 3.57. The van der Waals surface area contributed by atoms with Crippen LogP contribution in [0.15, 0.2) is 27.9 Å². The first-order chi connectivity index (χ1) is 17.6. The number of rotatable bonds is 6. The van der Waals surface area contributed by atoms with Gasteiger partial charge < -0.3 is 9.47 Å². The lowest BCUT2D eigenvalue weighted by molar-refractivity contribution is -0.149. The minimum atomic E-state index is -0.462. The van der Waals surface area contributed by atoms with E-state index in [9.17, 15) is 9.59 Å². The van der Waals surface area contributed by atoms with Crippen LogP contribution in [-0.2, 0) is 29.9 Å². The molecule has 0 spiro atoms. The predicted molar refractivity (Wildman–Crippen MR) is 159 cm³/mol. The Kier molecular flexibility index (Phi) is 10.6. The van der Waals surface area contributed by atoms with Crippen molar-refractivity contribution in [2.24, 2.45) is 0 Å². The van der Waals surface area contributed by atoms with Crippen LogP contribution in [-0.4, -0.2) is 26.2 Å². The molecule has 0 radical (unpaired) electrons. The van der Waals surface area contributed by atoms with Crippen LogP contribution < -0.4 is 0 Å². The Labute approximate surface area is 239 Å². The molecule has 2 aliphatic rings. The van der Waals surface area contributed by atoms with Gasteiger partial charge >= 0.3 is 11.9 Å². The molecule has 2 fully saturated rings. The van der Waals surface area contributed by atoms with Crippen molar-refractivity contribution in [3.8, 4) is 0 Å². The molecule has 2 saturated carbocycles. The molecule has 2 heterocycles. The minimum absolute atomic E-state index is 0.0460. The zero-order chi connectivity index (χ0) is 27.2. The smallest absolute Gasteiger partial charge is 0.316 e. The maximum Gasteiger partial charge on any atom is 0.316 e. The number of ether oxygens (including phenoxy) is 2. The molecule has 0 N–H and O–H groups in total. The number of thiophene rings is 2. The molecular formula is C30H41BrO4S2. The molecule has 4 rings (SSSR count). The number of hydrogen-bond donors (Lipinski definition) is 0. The molecule has 0 unspecified atom stereocenters. The van der Waals surface area contributed by atoms with Gasteiger partial charge in [-0.1, -0.05) is 59.0 Å². The number of hydrogen-bond acceptors (Lipinski definition) is 6. The number of halogens is 1. The quantitative estimate of drug-likeness (QED) is 0.307. The van der Waals surface area contributed by atoms with Crippen LogP contribution in [0.1, 0.15) is 112 Å². The van der Waals surface area contributed by atoms with Gasteiger partial charge in [-0.05, 0) is 88.7 Å². The first-order valence-corrected chi connectivity index (χ1v) is 15.8. The fourth-order valence-electron chi connectivity index (χ4n) is 5.71. The fourth-order valence-corrected chi connectivity index (χ4v) is 8.66. The summed E-state index contributed by atoms with van der Waals surface area (Å²) in [6.45, 7) is 10.4. The van der Waals surface area contributed by atoms with E-state index in [0.717, 1.165) is 71.2 Å². The number of methoxy groups -OCH3 is 2. The van der Waals surface area contributed by atoms with E-state index in [2.05, 4.69) is 53.9 Å². The maximum atomic E-state index is 12.4. The van der Waals surface area contributed by atoms with Gasteiger partial charge in [-0.15, -0.1) is 22.7 Å². The highest BCUT2D eigenvalue weighted by Gasteiger charge is 2.45. The van der Waals surface area contributed by atoms with Crippen LogP contribution in [0, 0.1) is 0 Å². The molecule has 2 aliphatic carbocycles. The summed E-state index contributed by atoms with van der Waals surface area (Å²) in [7, 11) is 2.99. The van der Waals surface area contributed by atoms with E-state index >= 15 is 0 Å². The number of esters is 2. The van der Waals surface area contributed by atoms with Crippen LogP contribution in [0.2, 0.25) is 0 Å². The maximum absolute atomic E-state index is 12.4. The van der Waals surface area contributed by atoms with E-state index in [1.54, 1.807) is 22.7 Å². The summed E-state index contributed by atoms with van der Waals surface area (Å²) in [5.41, 5.74) is 2.48. The van der Waals surface area contributed by atoms with Crippen LogP contribution >= 0.6 is 38.6 Å². The van der Waals surface area contributed by atoms with E-state index < -0.39 is 5.41 Å². The molecule has 2 aromatic heterocycles. The summed E-state index contributed by atoms with van der Waals surface area (Å²) in [6.07, 6.45) is 10.5. The first kappa shape index (κ1) is 30.1. The number of carbonyl (C=O) groups is 2. The zero-order valence-electron chi connectivity index (χ0n) is 22.9. The second-order valence-electron chi connectivity index (χ2n) is 10.7. The highest BCUT2D eigenvalue weighted by Crippen LogP contribution is 2.47. The molecule has 4 nitrogen and oxygen atoms in total. The van der Waals surface area contributed by atoms with Crippen molar-refractivity contribution >= 4 is 56.1 Å². The molecule has 2 aromatic rings. The van der Waals surface area contributed by atoms with Gasteiger partial charge in [0.1, 0.15) is 0 Å². The van der Waals surface area contributed by atoms with Crippen molar-refractivity contribution in [3.05, 3.63) is 48.8 Å². The molecule has 0 atom stereocenters. The molecule has 0 amide bonds. The third kappa shape index (κ3) is 6.42. The van der Waals surface area contributed by atoms with Gasteiger partial charge in [0.05, 0.1) is 28.8 Å². The second kappa shape index (κ2) is 13.1. The number of carbonyl (C=O) groups excluding carboxylic acids is 2. The second-order valence-corrected chi connectivity index (χ2v) is 14.1. The predicted octanol–water partition coefficient (Wildman–Crippen LogP) is 9.16. The summed E-state index contributed by atoms with van der Waals surface area (Å²) >= 11 is 7.05. The Morgan fingerprint density at radius 2 is 1.43 bits per heavy atom. The van der Waals surface area contributed by atoms with Crippen molar-refractivity contribution < 1.29 is 19.1 Å². The molecule has 0 aromatic carbocycles. The first-order valence-electron chi connectivity index (χ1n) is 13.3. The zero-order valence-corrected chi connectivity index (χ0v) is 26.1. The minimum Gasteiger partial charge on any atom is -0.468 e. The summed E-state index contributed by atoms with van der Waals surface area (Å²) in [5, 5.41) is 2.16. The van der Waals surface area contributed by atoms with Crippen molar-refractivity contribution in [2.45, 2.75) is 102 Å². The third-order valence-electron chi connectivity index (χ3n) is 7.93. The molecular weight excluding hydrogens is 568 g/mol. The molecule has 0 saturated heterocycles. The van der Waals surface area contributed by atoms with Crippen LogP contribution in [0.5, 0.6) is 0 Å². The molecule has 0 bridgehead atoms. The van der Waals surface area contributed by atoms with Crippen molar-refractivity contribution in [1.29, 1.82) is 0 Å². The van der Waals surface area contributed by atoms with Crippen LogP contribution in [0.25, 0.3) is 5.57 Å². The molecule has 204 valence electrons. The van der Waals surface area contributed by atoms with Crippen molar-refractivity contribution in [3.63, 3.8) is 0 Å². The van der Waals surface area contributed by atoms with Gasteiger partial charge in [-0.2, -0.15) is 0 Å². The Balaban J connectivity index is 0.000000206. The summed E-state index contributed by atoms with van der Waals surface area (Å²) < 4.78 is 11.2. The fraction of sp³-hybridized carbons (Fsp3) is 0.600. The molecule has 7 heteroatoms. The van der Waals surface area contributed by atoms with E-state index in [1.807, 2.05) is 6.92 Å². The van der Waals surface area contributed by atoms with Crippen LogP contribution in [0.4, 0.5) is 0 Å². The molecule has 37 heavy (non-hydrogen) atoms. The lowest BCUT2D eigenvalue weighted by Gasteiger charge is -2.34. The highest BCUT2D eigenvalue weighted by atomic mass is 79.9. The molecule has 0 aliphatic heterocycles. The van der Waals surface area contributed by atoms with Gasteiger partial charge in [0.15, 0.2) is 0 Å². The van der Waals surface area contributed by atoms with Gasteiger partial charge in [0.2, 0.25) is 0 Å². The standard InChI is InChI=1S/C15H19BrO2S.C15H22O2S/c1-10(2)12-9-11(13(16)19-12)15(14(17)18-3)7-5-4-6-8-15;1-11(2)13-9-12(10-18-13)15(14(16)17-3)7-5-4-6-8-15/h9H,1,4-8H2,2-3H3;9-11H,4-8H2,1-3H3. The Hall–Kier alpha value is -1.44. The van der Waals surface area contributed by atoms with E-state index in [0.29, 0.717) is 5.92 Å². The third-order valence-corrected chi connectivity index (χ3v) is 11.2. The lowest BCUT2D eigenvalue weighted by Crippen LogP contribution is -2.38. The van der Waals surface area contributed by atoms with Crippen molar-refractivity contribution in [2.75, 3.05) is 14.2 Å². The Morgan fingerprint density at radius 1 is 0.919 bits per heavy atom. The van der Waals surface area contributed by atoms with E-state index in [-0.39, 0.29) is 17.4 Å². The largest absolute Gasteiger partial charge is 0.468 e. The van der Waals surface area contributed by atoms with Gasteiger partial charge in [-0.25, -0.2) is 0 Å². The Bertz CT molecular complexity index is 1090. The Morgan fingerprint density at radius 3 is 1.86 bits per heavy atom. The number of allylic oxidation sites excluding steroid dienone is 1. The monoisotopic (exact) mass is 608 g/mol. The summed E-state index contributed by atoms with van der Waals surface area (Å²) in [6, 6.07) is 4.33. The van der Waals surface area contributed by atoms with E-state index in [4.69, 9.17) is 9.47 Å². The van der Waals surface area contributed by atoms with E-state index in [1.165, 1.54) is 37.5 Å². The van der Waals surface area contributed by atoms with Gasteiger partial charge in [-0.3, -0.25) is 9.59 Å². The van der Waals surface area contributed by atoms with Gasteiger partial charge in [0.25, 0.3) is 0 Å². The van der Waals surface area contributed by atoms with Gasteiger partial charge in [0, 0.05) is 9.75 Å². The highest BCUT2D eigenvalue weighted by molar-refractivity contribution is 9.11. The lowest BCUT2D eigenvalue weighted by atomic mass is 9.70. The van der Waals surface area contributed by atoms with Crippen LogP contribution in [0.3, 0.4) is 0 Å².